The quantitative estimate of drug-likeness (QED) is 0.724. The monoisotopic (exact) mass is 289 g/mol. The summed E-state index contributed by atoms with van der Waals surface area (Å²) in [6.45, 7) is 0.559. The zero-order valence-corrected chi connectivity index (χ0v) is 11.6. The molecule has 4 nitrogen and oxygen atoms in total. The van der Waals surface area contributed by atoms with Crippen molar-refractivity contribution in [1.29, 1.82) is 0 Å². The molecule has 3 aromatic rings. The predicted molar refractivity (Wildman–Crippen MR) is 81.4 cm³/mol. The first-order valence-electron chi connectivity index (χ1n) is 5.74. The Kier molecular flexibility index (Phi) is 3.43. The first kappa shape index (κ1) is 12.1. The molecule has 96 valence electrons. The Bertz CT molecular complexity index is 658. The van der Waals surface area contributed by atoms with Gasteiger partial charge in [-0.05, 0) is 36.5 Å². The lowest BCUT2D eigenvalue weighted by atomic mass is 10.3. The second kappa shape index (κ2) is 5.38. The average molecular weight is 289 g/mol. The number of fused-ring (bicyclic) bond motifs is 1. The highest BCUT2D eigenvalue weighted by Crippen LogP contribution is 2.25. The van der Waals surface area contributed by atoms with Crippen LogP contribution in [0.15, 0.2) is 47.1 Å². The van der Waals surface area contributed by atoms with E-state index in [2.05, 4.69) is 15.6 Å². The van der Waals surface area contributed by atoms with Crippen molar-refractivity contribution in [3.05, 3.63) is 48.4 Å². The van der Waals surface area contributed by atoms with Gasteiger partial charge in [-0.25, -0.2) is 4.98 Å². The highest BCUT2D eigenvalue weighted by atomic mass is 32.1. The summed E-state index contributed by atoms with van der Waals surface area (Å²) >= 11 is 6.79. The van der Waals surface area contributed by atoms with Crippen LogP contribution in [-0.2, 0) is 6.54 Å². The molecule has 0 fully saturated rings. The molecule has 0 radical (unpaired) electrons. The van der Waals surface area contributed by atoms with Crippen molar-refractivity contribution in [2.75, 3.05) is 5.32 Å². The maximum Gasteiger partial charge on any atom is 0.190 e. The van der Waals surface area contributed by atoms with Crippen molar-refractivity contribution in [3.63, 3.8) is 0 Å². The SMILES string of the molecule is S=C(NCc1ccco1)Nc1nc2ccccc2s1. The molecule has 0 bridgehead atoms. The van der Waals surface area contributed by atoms with E-state index in [-0.39, 0.29) is 0 Å². The first-order valence-corrected chi connectivity index (χ1v) is 6.96. The predicted octanol–water partition coefficient (Wildman–Crippen LogP) is 3.38. The Labute approximate surface area is 119 Å². The van der Waals surface area contributed by atoms with Crippen LogP contribution < -0.4 is 10.6 Å². The van der Waals surface area contributed by atoms with Gasteiger partial charge in [0.2, 0.25) is 0 Å². The second-order valence-corrected chi connectivity index (χ2v) is 5.31. The molecule has 0 saturated carbocycles. The largest absolute Gasteiger partial charge is 0.467 e. The molecule has 6 heteroatoms. The molecule has 19 heavy (non-hydrogen) atoms. The molecular weight excluding hydrogens is 278 g/mol. The fourth-order valence-corrected chi connectivity index (χ4v) is 2.75. The topological polar surface area (TPSA) is 50.1 Å². The van der Waals surface area contributed by atoms with Crippen LogP contribution in [0.5, 0.6) is 0 Å². The Morgan fingerprint density at radius 1 is 1.26 bits per heavy atom. The average Bonchev–Trinajstić information content (AvgIpc) is 3.04. The number of thiocarbonyl (C=S) groups is 1. The summed E-state index contributed by atoms with van der Waals surface area (Å²) < 4.78 is 6.36. The van der Waals surface area contributed by atoms with Crippen LogP contribution in [0.4, 0.5) is 5.13 Å². The van der Waals surface area contributed by atoms with Crippen LogP contribution in [0.1, 0.15) is 5.76 Å². The van der Waals surface area contributed by atoms with Crippen LogP contribution >= 0.6 is 23.6 Å². The smallest absolute Gasteiger partial charge is 0.190 e. The van der Waals surface area contributed by atoms with Gasteiger partial charge in [-0.3, -0.25) is 0 Å². The van der Waals surface area contributed by atoms with Gasteiger partial charge in [-0.2, -0.15) is 0 Å². The summed E-state index contributed by atoms with van der Waals surface area (Å²) in [5.41, 5.74) is 0.976. The number of anilines is 1. The van der Waals surface area contributed by atoms with Crippen molar-refractivity contribution in [3.8, 4) is 0 Å². The molecule has 0 saturated heterocycles. The standard InChI is InChI=1S/C13H11N3OS2/c18-12(14-8-9-4-3-7-17-9)16-13-15-10-5-1-2-6-11(10)19-13/h1-7H,8H2,(H2,14,15,16,18). The number of para-hydroxylation sites is 1. The zero-order valence-electron chi connectivity index (χ0n) is 9.92. The maximum absolute atomic E-state index is 5.22. The molecule has 3 rings (SSSR count). The highest BCUT2D eigenvalue weighted by Gasteiger charge is 2.05. The number of benzene rings is 1. The molecule has 2 heterocycles. The van der Waals surface area contributed by atoms with Gasteiger partial charge in [0.1, 0.15) is 5.76 Å². The molecule has 0 aliphatic heterocycles. The number of hydrogen-bond donors (Lipinski definition) is 2. The van der Waals surface area contributed by atoms with Gasteiger partial charge in [0.25, 0.3) is 0 Å². The van der Waals surface area contributed by atoms with Crippen LogP contribution in [0.25, 0.3) is 10.2 Å². The molecule has 0 aliphatic carbocycles. The summed E-state index contributed by atoms with van der Waals surface area (Å²) in [5, 5.41) is 7.48. The van der Waals surface area contributed by atoms with E-state index in [0.717, 1.165) is 21.1 Å². The van der Waals surface area contributed by atoms with Gasteiger partial charge in [-0.1, -0.05) is 23.5 Å². The number of furan rings is 1. The number of nitrogens with one attached hydrogen (secondary N) is 2. The molecular formula is C13H11N3OS2. The van der Waals surface area contributed by atoms with E-state index in [0.29, 0.717) is 11.7 Å². The summed E-state index contributed by atoms with van der Waals surface area (Å²) in [7, 11) is 0. The minimum Gasteiger partial charge on any atom is -0.467 e. The number of thiazole rings is 1. The van der Waals surface area contributed by atoms with Crippen LogP contribution in [-0.4, -0.2) is 10.1 Å². The first-order chi connectivity index (χ1) is 9.31. The highest BCUT2D eigenvalue weighted by molar-refractivity contribution is 7.80. The third-order valence-electron chi connectivity index (χ3n) is 2.52. The third-order valence-corrected chi connectivity index (χ3v) is 3.72. The van der Waals surface area contributed by atoms with E-state index in [4.69, 9.17) is 16.6 Å². The minimum absolute atomic E-state index is 0.537. The Balaban J connectivity index is 1.62. The third kappa shape index (κ3) is 2.91. The van der Waals surface area contributed by atoms with Crippen molar-refractivity contribution >= 4 is 44.0 Å². The van der Waals surface area contributed by atoms with E-state index < -0.39 is 0 Å². The molecule has 0 unspecified atom stereocenters. The van der Waals surface area contributed by atoms with Gasteiger partial charge >= 0.3 is 0 Å². The number of rotatable bonds is 3. The Morgan fingerprint density at radius 2 is 2.16 bits per heavy atom. The van der Waals surface area contributed by atoms with Crippen molar-refractivity contribution in [2.45, 2.75) is 6.54 Å². The van der Waals surface area contributed by atoms with Crippen molar-refractivity contribution in [1.82, 2.24) is 10.3 Å². The maximum atomic E-state index is 5.22. The van der Waals surface area contributed by atoms with Gasteiger partial charge < -0.3 is 15.1 Å². The van der Waals surface area contributed by atoms with Gasteiger partial charge in [0.15, 0.2) is 10.2 Å². The Morgan fingerprint density at radius 3 is 2.95 bits per heavy atom. The lowest BCUT2D eigenvalue weighted by molar-refractivity contribution is 0.503. The number of aromatic nitrogens is 1. The van der Waals surface area contributed by atoms with E-state index in [1.807, 2.05) is 36.4 Å². The fourth-order valence-electron chi connectivity index (χ4n) is 1.65. The minimum atomic E-state index is 0.537. The van der Waals surface area contributed by atoms with Gasteiger partial charge in [0, 0.05) is 0 Å². The van der Waals surface area contributed by atoms with E-state index in [1.54, 1.807) is 17.6 Å². The molecule has 2 N–H and O–H groups in total. The molecule has 0 spiro atoms. The lowest BCUT2D eigenvalue weighted by Crippen LogP contribution is -2.27. The summed E-state index contributed by atoms with van der Waals surface area (Å²) in [4.78, 5) is 4.45. The molecule has 0 aliphatic rings. The number of hydrogen-bond acceptors (Lipinski definition) is 4. The lowest BCUT2D eigenvalue weighted by Gasteiger charge is -2.06. The van der Waals surface area contributed by atoms with Gasteiger partial charge in [0.05, 0.1) is 23.0 Å². The Hall–Kier alpha value is -1.92. The second-order valence-electron chi connectivity index (χ2n) is 3.87. The fraction of sp³-hybridized carbons (Fsp3) is 0.0769. The summed E-state index contributed by atoms with van der Waals surface area (Å²) in [6.07, 6.45) is 1.64. The van der Waals surface area contributed by atoms with Crippen LogP contribution in [0, 0.1) is 0 Å². The zero-order chi connectivity index (χ0) is 13.1. The van der Waals surface area contributed by atoms with E-state index >= 15 is 0 Å². The van der Waals surface area contributed by atoms with Gasteiger partial charge in [-0.15, -0.1) is 0 Å². The van der Waals surface area contributed by atoms with E-state index in [9.17, 15) is 0 Å². The van der Waals surface area contributed by atoms with Crippen molar-refractivity contribution in [2.24, 2.45) is 0 Å². The summed E-state index contributed by atoms with van der Waals surface area (Å²) in [6, 6.07) is 11.7. The molecule has 2 aromatic heterocycles. The van der Waals surface area contributed by atoms with Crippen molar-refractivity contribution < 1.29 is 4.42 Å². The number of nitrogens with zero attached hydrogens (tertiary/aromatic N) is 1. The summed E-state index contributed by atoms with van der Waals surface area (Å²) in [5.74, 6) is 0.841. The molecule has 1 aromatic carbocycles. The van der Waals surface area contributed by atoms with E-state index in [1.165, 1.54) is 0 Å². The molecule has 0 atom stereocenters. The van der Waals surface area contributed by atoms with Crippen LogP contribution in [0.2, 0.25) is 0 Å². The molecule has 0 amide bonds. The van der Waals surface area contributed by atoms with Crippen LogP contribution in [0.3, 0.4) is 0 Å². The normalized spacial score (nSPS) is 10.5.